The number of anilines is 1. The molecule has 1 aromatic carbocycles. The summed E-state index contributed by atoms with van der Waals surface area (Å²) in [5.74, 6) is 0.962. The topological polar surface area (TPSA) is 15.3 Å². The van der Waals surface area contributed by atoms with Crippen molar-refractivity contribution in [2.24, 2.45) is 0 Å². The Morgan fingerprint density at radius 2 is 2.11 bits per heavy atom. The number of hydrogen-bond donors (Lipinski definition) is 1. The van der Waals surface area contributed by atoms with Crippen molar-refractivity contribution in [3.63, 3.8) is 0 Å². The van der Waals surface area contributed by atoms with E-state index in [2.05, 4.69) is 30.1 Å². The Bertz CT molecular complexity index is 434. The Kier molecular flexibility index (Phi) is 4.74. The third-order valence-electron chi connectivity index (χ3n) is 3.53. The summed E-state index contributed by atoms with van der Waals surface area (Å²) in [5.41, 5.74) is 2.03. The van der Waals surface area contributed by atoms with Crippen LogP contribution in [0, 0.1) is 5.82 Å². The van der Waals surface area contributed by atoms with Gasteiger partial charge in [0.25, 0.3) is 0 Å². The molecule has 1 fully saturated rings. The molecule has 0 aromatic heterocycles. The van der Waals surface area contributed by atoms with E-state index in [1.807, 2.05) is 18.8 Å². The lowest BCUT2D eigenvalue weighted by Gasteiger charge is -2.24. The molecule has 1 saturated heterocycles. The summed E-state index contributed by atoms with van der Waals surface area (Å²) < 4.78 is 14.0. The molecule has 2 nitrogen and oxygen atoms in total. The van der Waals surface area contributed by atoms with E-state index in [0.29, 0.717) is 11.3 Å². The van der Waals surface area contributed by atoms with Crippen molar-refractivity contribution in [1.29, 1.82) is 0 Å². The fraction of sp³-hybridized carbons (Fsp3) is 0.600. The fourth-order valence-corrected chi connectivity index (χ4v) is 3.50. The van der Waals surface area contributed by atoms with Crippen LogP contribution in [-0.2, 0) is 6.54 Å². The fourth-order valence-electron chi connectivity index (χ4n) is 2.40. The van der Waals surface area contributed by atoms with Gasteiger partial charge in [-0.3, -0.25) is 0 Å². The zero-order chi connectivity index (χ0) is 13.9. The van der Waals surface area contributed by atoms with Crippen molar-refractivity contribution in [1.82, 2.24) is 5.32 Å². The first-order valence-corrected chi connectivity index (χ1v) is 7.82. The van der Waals surface area contributed by atoms with Gasteiger partial charge in [0, 0.05) is 35.8 Å². The minimum atomic E-state index is -0.140. The van der Waals surface area contributed by atoms with Crippen LogP contribution in [0.25, 0.3) is 0 Å². The van der Waals surface area contributed by atoms with E-state index in [1.165, 1.54) is 0 Å². The summed E-state index contributed by atoms with van der Waals surface area (Å²) in [6.07, 6.45) is 1.13. The average Bonchev–Trinajstić information content (AvgIpc) is 2.50. The van der Waals surface area contributed by atoms with Crippen molar-refractivity contribution in [3.8, 4) is 0 Å². The molecule has 106 valence electrons. The zero-order valence-electron chi connectivity index (χ0n) is 12.0. The molecule has 1 aromatic rings. The van der Waals surface area contributed by atoms with Crippen molar-refractivity contribution in [2.45, 2.75) is 31.6 Å². The largest absolute Gasteiger partial charge is 0.371 e. The van der Waals surface area contributed by atoms with E-state index in [0.717, 1.165) is 36.5 Å². The third kappa shape index (κ3) is 4.11. The number of rotatable bonds is 3. The van der Waals surface area contributed by atoms with Crippen molar-refractivity contribution in [3.05, 3.63) is 29.6 Å². The van der Waals surface area contributed by atoms with Crippen LogP contribution in [-0.4, -0.2) is 30.6 Å². The molecule has 1 aliphatic rings. The molecule has 0 bridgehead atoms. The van der Waals surface area contributed by atoms with E-state index in [9.17, 15) is 4.39 Å². The van der Waals surface area contributed by atoms with Crippen LogP contribution < -0.4 is 10.2 Å². The molecular formula is C15H23FN2S. The summed E-state index contributed by atoms with van der Waals surface area (Å²) in [7, 11) is 1.88. The molecule has 0 saturated carbocycles. The number of hydrogen-bond acceptors (Lipinski definition) is 3. The Hall–Kier alpha value is -0.740. The first-order valence-electron chi connectivity index (χ1n) is 6.83. The normalized spacial score (nSPS) is 19.3. The van der Waals surface area contributed by atoms with Crippen LogP contribution in [0.4, 0.5) is 10.1 Å². The van der Waals surface area contributed by atoms with Gasteiger partial charge in [-0.05, 0) is 37.2 Å². The molecule has 0 atom stereocenters. The van der Waals surface area contributed by atoms with Crippen LogP contribution in [0.15, 0.2) is 18.2 Å². The number of thioether (sulfide) groups is 1. The second-order valence-corrected chi connectivity index (χ2v) is 7.50. The SMILES string of the molecule is CNCc1cc(F)cc(N2CCSC(C)(C)CC2)c1. The van der Waals surface area contributed by atoms with Gasteiger partial charge in [0.2, 0.25) is 0 Å². The summed E-state index contributed by atoms with van der Waals surface area (Å²) in [6, 6.07) is 5.36. The maximum absolute atomic E-state index is 13.7. The molecule has 0 radical (unpaired) electrons. The summed E-state index contributed by atoms with van der Waals surface area (Å²) in [6.45, 7) is 7.29. The summed E-state index contributed by atoms with van der Waals surface area (Å²) in [4.78, 5) is 2.31. The third-order valence-corrected chi connectivity index (χ3v) is 4.90. The molecule has 4 heteroatoms. The standard InChI is InChI=1S/C15H23FN2S/c1-15(2)4-5-18(6-7-19-15)14-9-12(11-17-3)8-13(16)10-14/h8-10,17H,4-7,11H2,1-3H3. The second kappa shape index (κ2) is 6.14. The highest BCUT2D eigenvalue weighted by Crippen LogP contribution is 2.32. The van der Waals surface area contributed by atoms with E-state index >= 15 is 0 Å². The number of benzene rings is 1. The van der Waals surface area contributed by atoms with Gasteiger partial charge in [-0.15, -0.1) is 0 Å². The maximum atomic E-state index is 13.7. The van der Waals surface area contributed by atoms with E-state index in [1.54, 1.807) is 12.1 Å². The lowest BCUT2D eigenvalue weighted by atomic mass is 10.1. The van der Waals surface area contributed by atoms with Gasteiger partial charge in [-0.1, -0.05) is 13.8 Å². The van der Waals surface area contributed by atoms with Crippen molar-refractivity contribution in [2.75, 3.05) is 30.8 Å². The van der Waals surface area contributed by atoms with Crippen molar-refractivity contribution < 1.29 is 4.39 Å². The predicted molar refractivity (Wildman–Crippen MR) is 82.5 cm³/mol. The Morgan fingerprint density at radius 3 is 2.84 bits per heavy atom. The Labute approximate surface area is 119 Å². The molecule has 0 spiro atoms. The molecule has 0 amide bonds. The maximum Gasteiger partial charge on any atom is 0.125 e. The molecule has 1 aliphatic heterocycles. The minimum absolute atomic E-state index is 0.140. The first-order chi connectivity index (χ1) is 9.00. The van der Waals surface area contributed by atoms with Gasteiger partial charge in [-0.25, -0.2) is 4.39 Å². The Balaban J connectivity index is 2.16. The lowest BCUT2D eigenvalue weighted by Crippen LogP contribution is -2.27. The predicted octanol–water partition coefficient (Wildman–Crippen LogP) is 3.27. The van der Waals surface area contributed by atoms with E-state index in [4.69, 9.17) is 0 Å². The van der Waals surface area contributed by atoms with Gasteiger partial charge in [0.1, 0.15) is 5.82 Å². The Morgan fingerprint density at radius 1 is 1.32 bits per heavy atom. The van der Waals surface area contributed by atoms with Gasteiger partial charge in [0.15, 0.2) is 0 Å². The molecule has 1 N–H and O–H groups in total. The smallest absolute Gasteiger partial charge is 0.125 e. The number of nitrogens with zero attached hydrogens (tertiary/aromatic N) is 1. The van der Waals surface area contributed by atoms with E-state index in [-0.39, 0.29) is 5.82 Å². The van der Waals surface area contributed by atoms with Gasteiger partial charge in [-0.2, -0.15) is 11.8 Å². The minimum Gasteiger partial charge on any atom is -0.371 e. The molecule has 1 heterocycles. The molecule has 2 rings (SSSR count). The van der Waals surface area contributed by atoms with Gasteiger partial charge < -0.3 is 10.2 Å². The lowest BCUT2D eigenvalue weighted by molar-refractivity contribution is 0.617. The van der Waals surface area contributed by atoms with E-state index < -0.39 is 0 Å². The quantitative estimate of drug-likeness (QED) is 0.916. The van der Waals surface area contributed by atoms with Crippen molar-refractivity contribution >= 4 is 17.4 Å². The highest BCUT2D eigenvalue weighted by atomic mass is 32.2. The first kappa shape index (κ1) is 14.7. The summed E-state index contributed by atoms with van der Waals surface area (Å²) >= 11 is 2.01. The van der Waals surface area contributed by atoms with Crippen LogP contribution >= 0.6 is 11.8 Å². The average molecular weight is 282 g/mol. The van der Waals surface area contributed by atoms with Crippen LogP contribution in [0.3, 0.4) is 0 Å². The second-order valence-electron chi connectivity index (χ2n) is 5.69. The highest BCUT2D eigenvalue weighted by Gasteiger charge is 2.24. The molecule has 0 unspecified atom stereocenters. The summed E-state index contributed by atoms with van der Waals surface area (Å²) in [5, 5.41) is 3.08. The number of halogens is 1. The molecular weight excluding hydrogens is 259 g/mol. The monoisotopic (exact) mass is 282 g/mol. The molecule has 19 heavy (non-hydrogen) atoms. The zero-order valence-corrected chi connectivity index (χ0v) is 12.8. The number of nitrogens with one attached hydrogen (secondary N) is 1. The molecule has 0 aliphatic carbocycles. The van der Waals surface area contributed by atoms with Crippen LogP contribution in [0.2, 0.25) is 0 Å². The van der Waals surface area contributed by atoms with Crippen LogP contribution in [0.1, 0.15) is 25.8 Å². The van der Waals surface area contributed by atoms with Gasteiger partial charge in [0.05, 0.1) is 0 Å². The van der Waals surface area contributed by atoms with Gasteiger partial charge >= 0.3 is 0 Å². The van der Waals surface area contributed by atoms with Crippen LogP contribution in [0.5, 0.6) is 0 Å². The highest BCUT2D eigenvalue weighted by molar-refractivity contribution is 8.00.